The number of hydrogen-bond acceptors (Lipinski definition) is 5. The molecule has 7 heteroatoms. The summed E-state index contributed by atoms with van der Waals surface area (Å²) in [6.07, 6.45) is 4.13. The van der Waals surface area contributed by atoms with Gasteiger partial charge in [-0.2, -0.15) is 5.10 Å². The van der Waals surface area contributed by atoms with Crippen LogP contribution in [0.15, 0.2) is 15.5 Å². The van der Waals surface area contributed by atoms with Crippen LogP contribution in [0.25, 0.3) is 0 Å². The fourth-order valence-corrected chi connectivity index (χ4v) is 2.30. The van der Waals surface area contributed by atoms with Crippen LogP contribution in [0.5, 0.6) is 0 Å². The molecule has 0 bridgehead atoms. The van der Waals surface area contributed by atoms with Crippen molar-refractivity contribution in [2.45, 2.75) is 19.4 Å². The number of hydrogen-bond donors (Lipinski definition) is 2. The molecule has 2 rings (SSSR count). The molecule has 1 aliphatic rings. The lowest BCUT2D eigenvalue weighted by molar-refractivity contribution is 0.200. The molecule has 2 N–H and O–H groups in total. The van der Waals surface area contributed by atoms with Crippen molar-refractivity contribution in [1.82, 2.24) is 15.1 Å². The Morgan fingerprint density at radius 3 is 2.95 bits per heavy atom. The summed E-state index contributed by atoms with van der Waals surface area (Å²) >= 11 is 3.36. The van der Waals surface area contributed by atoms with E-state index < -0.39 is 0 Å². The van der Waals surface area contributed by atoms with Crippen molar-refractivity contribution in [2.75, 3.05) is 38.7 Å². The molecule has 0 radical (unpaired) electrons. The monoisotopic (exact) mass is 344 g/mol. The van der Waals surface area contributed by atoms with Gasteiger partial charge in [0.25, 0.3) is 5.56 Å². The fourth-order valence-electron chi connectivity index (χ4n) is 1.85. The van der Waals surface area contributed by atoms with E-state index in [1.807, 2.05) is 0 Å². The minimum absolute atomic E-state index is 0.0609. The molecule has 0 unspecified atom stereocenters. The highest BCUT2D eigenvalue weighted by Gasteiger charge is 2.23. The average Bonchev–Trinajstić information content (AvgIpc) is 3.25. The average molecular weight is 345 g/mol. The predicted molar refractivity (Wildman–Crippen MR) is 82.2 cm³/mol. The second-order valence-corrected chi connectivity index (χ2v) is 5.77. The van der Waals surface area contributed by atoms with Gasteiger partial charge >= 0.3 is 0 Å². The standard InChI is InChI=1S/C13H21BrN4O2/c1-20-7-6-15-4-5-16-11-8-17-18(9-10-2-3-10)13(19)12(11)14/h8,10,15-16H,2-7,9H2,1H3. The molecular weight excluding hydrogens is 324 g/mol. The highest BCUT2D eigenvalue weighted by molar-refractivity contribution is 9.10. The first-order chi connectivity index (χ1) is 9.72. The van der Waals surface area contributed by atoms with E-state index in [1.54, 1.807) is 18.0 Å². The number of aromatic nitrogens is 2. The van der Waals surface area contributed by atoms with E-state index in [1.165, 1.54) is 12.8 Å². The summed E-state index contributed by atoms with van der Waals surface area (Å²) in [7, 11) is 1.68. The first-order valence-electron chi connectivity index (χ1n) is 6.91. The Balaban J connectivity index is 1.82. The predicted octanol–water partition coefficient (Wildman–Crippen LogP) is 1.06. The minimum atomic E-state index is -0.0609. The van der Waals surface area contributed by atoms with E-state index in [-0.39, 0.29) is 5.56 Å². The maximum Gasteiger partial charge on any atom is 0.283 e. The maximum atomic E-state index is 12.1. The highest BCUT2D eigenvalue weighted by Crippen LogP contribution is 2.30. The van der Waals surface area contributed by atoms with Crippen LogP contribution in [-0.2, 0) is 11.3 Å². The Bertz CT molecular complexity index is 488. The topological polar surface area (TPSA) is 68.2 Å². The first kappa shape index (κ1) is 15.5. The molecule has 1 aromatic rings. The molecule has 20 heavy (non-hydrogen) atoms. The maximum absolute atomic E-state index is 12.1. The van der Waals surface area contributed by atoms with Gasteiger partial charge in [0.15, 0.2) is 0 Å². The van der Waals surface area contributed by atoms with Gasteiger partial charge in [0, 0.05) is 33.3 Å². The Morgan fingerprint density at radius 2 is 2.25 bits per heavy atom. The zero-order chi connectivity index (χ0) is 14.4. The third kappa shape index (κ3) is 4.57. The largest absolute Gasteiger partial charge is 0.383 e. The zero-order valence-electron chi connectivity index (χ0n) is 11.7. The van der Waals surface area contributed by atoms with Crippen LogP contribution in [0.1, 0.15) is 12.8 Å². The van der Waals surface area contributed by atoms with Crippen molar-refractivity contribution >= 4 is 21.6 Å². The third-order valence-electron chi connectivity index (χ3n) is 3.21. The fraction of sp³-hybridized carbons (Fsp3) is 0.692. The molecular formula is C13H21BrN4O2. The third-order valence-corrected chi connectivity index (χ3v) is 3.98. The van der Waals surface area contributed by atoms with Gasteiger partial charge < -0.3 is 15.4 Å². The highest BCUT2D eigenvalue weighted by atomic mass is 79.9. The second kappa shape index (κ2) is 7.75. The van der Waals surface area contributed by atoms with Crippen molar-refractivity contribution < 1.29 is 4.74 Å². The van der Waals surface area contributed by atoms with Crippen molar-refractivity contribution in [1.29, 1.82) is 0 Å². The van der Waals surface area contributed by atoms with Crippen LogP contribution >= 0.6 is 15.9 Å². The second-order valence-electron chi connectivity index (χ2n) is 4.97. The minimum Gasteiger partial charge on any atom is -0.383 e. The summed E-state index contributed by atoms with van der Waals surface area (Å²) in [6, 6.07) is 0. The van der Waals surface area contributed by atoms with Crippen molar-refractivity contribution in [3.63, 3.8) is 0 Å². The summed E-state index contributed by atoms with van der Waals surface area (Å²) in [6.45, 7) is 3.79. The number of rotatable bonds is 9. The number of ether oxygens (including phenoxy) is 1. The molecule has 0 amide bonds. The lowest BCUT2D eigenvalue weighted by Crippen LogP contribution is -2.28. The van der Waals surface area contributed by atoms with E-state index in [2.05, 4.69) is 31.7 Å². The molecule has 112 valence electrons. The van der Waals surface area contributed by atoms with Crippen LogP contribution in [0, 0.1) is 5.92 Å². The SMILES string of the molecule is COCCNCCNc1cnn(CC2CC2)c(=O)c1Br. The molecule has 0 spiro atoms. The van der Waals surface area contributed by atoms with E-state index in [0.717, 1.165) is 31.9 Å². The number of nitrogens with one attached hydrogen (secondary N) is 2. The summed E-state index contributed by atoms with van der Waals surface area (Å²) in [5.74, 6) is 0.635. The molecule has 1 aromatic heterocycles. The van der Waals surface area contributed by atoms with E-state index >= 15 is 0 Å². The number of nitrogens with zero attached hydrogens (tertiary/aromatic N) is 2. The molecule has 1 heterocycles. The zero-order valence-corrected chi connectivity index (χ0v) is 13.3. The van der Waals surface area contributed by atoms with Crippen LogP contribution in [0.3, 0.4) is 0 Å². The van der Waals surface area contributed by atoms with E-state index in [9.17, 15) is 4.79 Å². The van der Waals surface area contributed by atoms with Gasteiger partial charge in [-0.25, -0.2) is 4.68 Å². The molecule has 0 atom stereocenters. The summed E-state index contributed by atoms with van der Waals surface area (Å²) in [5, 5.41) is 10.6. The quantitative estimate of drug-likeness (QED) is 0.655. The Labute approximate surface area is 127 Å². The molecule has 0 aliphatic heterocycles. The van der Waals surface area contributed by atoms with Crippen LogP contribution in [0.2, 0.25) is 0 Å². The van der Waals surface area contributed by atoms with Gasteiger partial charge in [-0.3, -0.25) is 4.79 Å². The molecule has 1 fully saturated rings. The van der Waals surface area contributed by atoms with Crippen LogP contribution in [-0.4, -0.2) is 43.1 Å². The van der Waals surface area contributed by atoms with Gasteiger partial charge in [0.2, 0.25) is 0 Å². The Morgan fingerprint density at radius 1 is 1.45 bits per heavy atom. The number of methoxy groups -OCH3 is 1. The molecule has 0 saturated heterocycles. The van der Waals surface area contributed by atoms with E-state index in [0.29, 0.717) is 17.0 Å². The van der Waals surface area contributed by atoms with Crippen LogP contribution in [0.4, 0.5) is 5.69 Å². The van der Waals surface area contributed by atoms with Gasteiger partial charge in [-0.1, -0.05) is 0 Å². The lowest BCUT2D eigenvalue weighted by atomic mass is 10.4. The number of halogens is 1. The molecule has 0 aromatic carbocycles. The summed E-state index contributed by atoms with van der Waals surface area (Å²) in [5.41, 5.74) is 0.685. The van der Waals surface area contributed by atoms with Crippen LogP contribution < -0.4 is 16.2 Å². The summed E-state index contributed by atoms with van der Waals surface area (Å²) in [4.78, 5) is 12.1. The van der Waals surface area contributed by atoms with Gasteiger partial charge in [-0.05, 0) is 34.7 Å². The van der Waals surface area contributed by atoms with Crippen molar-refractivity contribution in [2.24, 2.45) is 5.92 Å². The first-order valence-corrected chi connectivity index (χ1v) is 7.71. The Kier molecular flexibility index (Phi) is 6.00. The molecule has 1 saturated carbocycles. The van der Waals surface area contributed by atoms with E-state index in [4.69, 9.17) is 4.74 Å². The van der Waals surface area contributed by atoms with Gasteiger partial charge in [0.05, 0.1) is 18.5 Å². The van der Waals surface area contributed by atoms with Gasteiger partial charge in [-0.15, -0.1) is 0 Å². The normalized spacial score (nSPS) is 14.5. The molecule has 1 aliphatic carbocycles. The van der Waals surface area contributed by atoms with Crippen molar-refractivity contribution in [3.05, 3.63) is 21.0 Å². The van der Waals surface area contributed by atoms with Crippen molar-refractivity contribution in [3.8, 4) is 0 Å². The lowest BCUT2D eigenvalue weighted by Gasteiger charge is -2.10. The molecule has 6 nitrogen and oxygen atoms in total. The number of anilines is 1. The van der Waals surface area contributed by atoms with Gasteiger partial charge in [0.1, 0.15) is 4.47 Å². The Hall–Kier alpha value is -0.920. The smallest absolute Gasteiger partial charge is 0.283 e. The summed E-state index contributed by atoms with van der Waals surface area (Å²) < 4.78 is 7.05.